The molecule has 0 saturated heterocycles. The summed E-state index contributed by atoms with van der Waals surface area (Å²) in [6.07, 6.45) is 0. The first-order chi connectivity index (χ1) is 9.47. The smallest absolute Gasteiger partial charge is 0.320 e. The molecule has 0 aliphatic rings. The van der Waals surface area contributed by atoms with E-state index in [1.165, 1.54) is 0 Å². The van der Waals surface area contributed by atoms with Gasteiger partial charge in [-0.2, -0.15) is 0 Å². The van der Waals surface area contributed by atoms with Gasteiger partial charge in [0.2, 0.25) is 0 Å². The molecule has 7 heteroatoms. The van der Waals surface area contributed by atoms with E-state index in [1.807, 2.05) is 12.1 Å². The molecule has 0 aliphatic carbocycles. The highest BCUT2D eigenvalue weighted by Gasteiger charge is 2.18. The highest BCUT2D eigenvalue weighted by Crippen LogP contribution is 2.22. The van der Waals surface area contributed by atoms with Crippen LogP contribution in [-0.4, -0.2) is 34.2 Å². The van der Waals surface area contributed by atoms with Crippen molar-refractivity contribution in [2.75, 3.05) is 7.05 Å². The van der Waals surface area contributed by atoms with Gasteiger partial charge in [0.15, 0.2) is 5.76 Å². The van der Waals surface area contributed by atoms with Crippen molar-refractivity contribution in [1.29, 1.82) is 0 Å². The third kappa shape index (κ3) is 4.46. The van der Waals surface area contributed by atoms with E-state index < -0.39 is 12.0 Å². The zero-order valence-corrected chi connectivity index (χ0v) is 13.2. The average molecular weight is 331 g/mol. The molecule has 0 amide bonds. The van der Waals surface area contributed by atoms with Gasteiger partial charge in [0, 0.05) is 16.7 Å². The topological polar surface area (TPSA) is 66.6 Å². The molecule has 0 saturated carbocycles. The average Bonchev–Trinajstić information content (AvgIpc) is 2.87. The van der Waals surface area contributed by atoms with Gasteiger partial charge in [-0.05, 0) is 26.1 Å². The molecule has 0 bridgehead atoms. The number of aliphatic carboxylic acids is 1. The van der Waals surface area contributed by atoms with Gasteiger partial charge in [0.1, 0.15) is 11.7 Å². The number of nitrogens with zero attached hydrogens (tertiary/aromatic N) is 2. The first-order valence-corrected chi connectivity index (χ1v) is 6.49. The number of likely N-dealkylation sites (N-methyl/N-ethyl adjacent to an activating group) is 1. The van der Waals surface area contributed by atoms with Crippen LogP contribution in [0.2, 0.25) is 5.02 Å². The Morgan fingerprint density at radius 2 is 2.05 bits per heavy atom. The normalized spacial score (nSPS) is 12.0. The lowest BCUT2D eigenvalue weighted by atomic mass is 10.1. The molecule has 2 rings (SSSR count). The van der Waals surface area contributed by atoms with Crippen molar-refractivity contribution in [2.24, 2.45) is 0 Å². The molecule has 2 aromatic rings. The van der Waals surface area contributed by atoms with Crippen LogP contribution in [0.5, 0.6) is 0 Å². The van der Waals surface area contributed by atoms with Crippen molar-refractivity contribution >= 4 is 30.0 Å². The van der Waals surface area contributed by atoms with Gasteiger partial charge < -0.3 is 9.63 Å². The fourth-order valence-electron chi connectivity index (χ4n) is 1.72. The zero-order chi connectivity index (χ0) is 14.7. The Kier molecular flexibility index (Phi) is 6.20. The van der Waals surface area contributed by atoms with Crippen molar-refractivity contribution in [2.45, 2.75) is 19.5 Å². The predicted octanol–water partition coefficient (Wildman–Crippen LogP) is 3.32. The van der Waals surface area contributed by atoms with Gasteiger partial charge in [0.25, 0.3) is 0 Å². The van der Waals surface area contributed by atoms with E-state index in [4.69, 9.17) is 21.2 Å². The minimum absolute atomic E-state index is 0. The van der Waals surface area contributed by atoms with E-state index in [1.54, 1.807) is 37.1 Å². The van der Waals surface area contributed by atoms with Crippen molar-refractivity contribution < 1.29 is 14.4 Å². The summed E-state index contributed by atoms with van der Waals surface area (Å²) in [5, 5.41) is 13.6. The van der Waals surface area contributed by atoms with Crippen LogP contribution in [0.15, 0.2) is 34.9 Å². The number of carboxylic acids is 1. The molecule has 1 aromatic carbocycles. The third-order valence-electron chi connectivity index (χ3n) is 3.12. The number of carbonyl (C=O) groups is 1. The number of hydrogen-bond donors (Lipinski definition) is 1. The van der Waals surface area contributed by atoms with Gasteiger partial charge in [-0.3, -0.25) is 9.69 Å². The van der Waals surface area contributed by atoms with E-state index in [-0.39, 0.29) is 12.4 Å². The highest BCUT2D eigenvalue weighted by atomic mass is 35.5. The van der Waals surface area contributed by atoms with E-state index in [0.29, 0.717) is 23.0 Å². The first kappa shape index (κ1) is 17.5. The maximum Gasteiger partial charge on any atom is 0.320 e. The summed E-state index contributed by atoms with van der Waals surface area (Å²) in [5.74, 6) is -0.254. The fraction of sp³-hybridized carbons (Fsp3) is 0.286. The van der Waals surface area contributed by atoms with Crippen LogP contribution in [0.1, 0.15) is 12.7 Å². The van der Waals surface area contributed by atoms with Crippen molar-refractivity contribution in [3.05, 3.63) is 41.1 Å². The number of benzene rings is 1. The Hall–Kier alpha value is -1.56. The summed E-state index contributed by atoms with van der Waals surface area (Å²) in [4.78, 5) is 12.6. The summed E-state index contributed by atoms with van der Waals surface area (Å²) in [5.41, 5.74) is 1.60. The lowest BCUT2D eigenvalue weighted by Gasteiger charge is -2.18. The van der Waals surface area contributed by atoms with Crippen LogP contribution < -0.4 is 0 Å². The second-order valence-electron chi connectivity index (χ2n) is 4.61. The van der Waals surface area contributed by atoms with Crippen molar-refractivity contribution in [3.63, 3.8) is 0 Å². The number of aromatic nitrogens is 1. The van der Waals surface area contributed by atoms with Crippen LogP contribution >= 0.6 is 24.0 Å². The minimum Gasteiger partial charge on any atom is -0.480 e. The van der Waals surface area contributed by atoms with Crippen LogP contribution in [0.3, 0.4) is 0 Å². The lowest BCUT2D eigenvalue weighted by Crippen LogP contribution is -2.35. The summed E-state index contributed by atoms with van der Waals surface area (Å²) in [6, 6.07) is 8.49. The zero-order valence-electron chi connectivity index (χ0n) is 11.6. The Balaban J connectivity index is 0.00000220. The van der Waals surface area contributed by atoms with Crippen LogP contribution in [0, 0.1) is 0 Å². The monoisotopic (exact) mass is 330 g/mol. The first-order valence-electron chi connectivity index (χ1n) is 6.12. The second kappa shape index (κ2) is 7.45. The van der Waals surface area contributed by atoms with E-state index >= 15 is 0 Å². The molecular formula is C14H16Cl2N2O3. The summed E-state index contributed by atoms with van der Waals surface area (Å²) < 4.78 is 5.23. The molecule has 1 heterocycles. The fourth-order valence-corrected chi connectivity index (χ4v) is 1.84. The third-order valence-corrected chi connectivity index (χ3v) is 3.37. The highest BCUT2D eigenvalue weighted by molar-refractivity contribution is 6.30. The molecule has 1 atom stereocenters. The standard InChI is InChI=1S/C14H15ClN2O3.ClH/c1-9(14(18)19)17(2)8-12-7-13(16-20-12)10-3-5-11(15)6-4-10;/h3-7,9H,8H2,1-2H3,(H,18,19);1H. The minimum atomic E-state index is -0.870. The largest absolute Gasteiger partial charge is 0.480 e. The van der Waals surface area contributed by atoms with Gasteiger partial charge >= 0.3 is 5.97 Å². The lowest BCUT2D eigenvalue weighted by molar-refractivity contribution is -0.142. The summed E-state index contributed by atoms with van der Waals surface area (Å²) >= 11 is 5.83. The Morgan fingerprint density at radius 1 is 1.43 bits per heavy atom. The molecule has 114 valence electrons. The number of hydrogen-bond acceptors (Lipinski definition) is 4. The predicted molar refractivity (Wildman–Crippen MR) is 82.8 cm³/mol. The van der Waals surface area contributed by atoms with E-state index in [0.717, 1.165) is 5.56 Å². The molecule has 1 aromatic heterocycles. The van der Waals surface area contributed by atoms with Crippen molar-refractivity contribution in [1.82, 2.24) is 10.1 Å². The molecule has 0 radical (unpaired) electrons. The SMILES string of the molecule is CC(C(=O)O)N(C)Cc1cc(-c2ccc(Cl)cc2)no1.Cl. The maximum absolute atomic E-state index is 10.9. The number of rotatable bonds is 5. The van der Waals surface area contributed by atoms with E-state index in [2.05, 4.69) is 5.16 Å². The second-order valence-corrected chi connectivity index (χ2v) is 5.05. The molecule has 1 N–H and O–H groups in total. The van der Waals surface area contributed by atoms with Crippen LogP contribution in [0.25, 0.3) is 11.3 Å². The quantitative estimate of drug-likeness (QED) is 0.910. The molecule has 0 aliphatic heterocycles. The Bertz CT molecular complexity index is 599. The molecule has 5 nitrogen and oxygen atoms in total. The van der Waals surface area contributed by atoms with Crippen LogP contribution in [0.4, 0.5) is 0 Å². The maximum atomic E-state index is 10.9. The molecule has 21 heavy (non-hydrogen) atoms. The van der Waals surface area contributed by atoms with Gasteiger partial charge in [-0.25, -0.2) is 0 Å². The molecule has 1 unspecified atom stereocenters. The summed E-state index contributed by atoms with van der Waals surface area (Å²) in [7, 11) is 1.73. The molecular weight excluding hydrogens is 315 g/mol. The van der Waals surface area contributed by atoms with E-state index in [9.17, 15) is 4.79 Å². The molecule has 0 spiro atoms. The summed E-state index contributed by atoms with van der Waals surface area (Å²) in [6.45, 7) is 2.01. The van der Waals surface area contributed by atoms with Crippen molar-refractivity contribution in [3.8, 4) is 11.3 Å². The number of carboxylic acid groups (broad SMARTS) is 1. The van der Waals surface area contributed by atoms with Gasteiger partial charge in [-0.1, -0.05) is 28.9 Å². The Morgan fingerprint density at radius 3 is 2.62 bits per heavy atom. The van der Waals surface area contributed by atoms with Crippen LogP contribution in [-0.2, 0) is 11.3 Å². The Labute approximate surface area is 133 Å². The van der Waals surface area contributed by atoms with Gasteiger partial charge in [0.05, 0.1) is 6.54 Å². The molecule has 0 fully saturated rings. The van der Waals surface area contributed by atoms with Gasteiger partial charge in [-0.15, -0.1) is 12.4 Å². The number of halogens is 2.